The first-order valence-electron chi connectivity index (χ1n) is 5.40. The molecule has 1 unspecified atom stereocenters. The molecule has 0 amide bonds. The molecule has 1 aromatic carbocycles. The Morgan fingerprint density at radius 3 is 2.47 bits per heavy atom. The summed E-state index contributed by atoms with van der Waals surface area (Å²) in [5, 5.41) is 0. The minimum Gasteiger partial charge on any atom is -0.330 e. The van der Waals surface area contributed by atoms with Crippen LogP contribution >= 0.6 is 15.9 Å². The standard InChI is InChI=1S/C11H17BrN2O2S/c1-9(10-3-5-11(12)6-4-10)14-17(15,16)8-2-7-13/h3-6,9,14H,2,7-8,13H2,1H3. The van der Waals surface area contributed by atoms with E-state index in [0.29, 0.717) is 13.0 Å². The predicted molar refractivity (Wildman–Crippen MR) is 73.2 cm³/mol. The van der Waals surface area contributed by atoms with Crippen molar-refractivity contribution in [1.29, 1.82) is 0 Å². The van der Waals surface area contributed by atoms with Crippen molar-refractivity contribution in [2.45, 2.75) is 19.4 Å². The highest BCUT2D eigenvalue weighted by atomic mass is 79.9. The Morgan fingerprint density at radius 1 is 1.35 bits per heavy atom. The third-order valence-corrected chi connectivity index (χ3v) is 4.41. The molecule has 1 aromatic rings. The molecule has 0 aliphatic heterocycles. The highest BCUT2D eigenvalue weighted by Gasteiger charge is 2.14. The molecule has 17 heavy (non-hydrogen) atoms. The number of rotatable bonds is 6. The molecule has 0 aliphatic rings. The van der Waals surface area contributed by atoms with Gasteiger partial charge in [-0.3, -0.25) is 0 Å². The van der Waals surface area contributed by atoms with Gasteiger partial charge in [0.05, 0.1) is 5.75 Å². The molecular weight excluding hydrogens is 304 g/mol. The minimum atomic E-state index is -3.24. The summed E-state index contributed by atoms with van der Waals surface area (Å²) in [6.07, 6.45) is 0.475. The highest BCUT2D eigenvalue weighted by molar-refractivity contribution is 9.10. The molecule has 0 radical (unpaired) electrons. The zero-order chi connectivity index (χ0) is 12.9. The topological polar surface area (TPSA) is 72.2 Å². The molecule has 0 saturated heterocycles. The second kappa shape index (κ2) is 6.49. The lowest BCUT2D eigenvalue weighted by molar-refractivity contribution is 0.564. The van der Waals surface area contributed by atoms with Crippen LogP contribution in [0.4, 0.5) is 0 Å². The normalized spacial score (nSPS) is 13.6. The molecule has 6 heteroatoms. The average molecular weight is 321 g/mol. The zero-order valence-electron chi connectivity index (χ0n) is 9.69. The molecule has 1 atom stereocenters. The summed E-state index contributed by atoms with van der Waals surface area (Å²) in [4.78, 5) is 0. The van der Waals surface area contributed by atoms with Gasteiger partial charge in [-0.05, 0) is 37.6 Å². The average Bonchev–Trinajstić information content (AvgIpc) is 2.26. The van der Waals surface area contributed by atoms with Gasteiger partial charge in [-0.1, -0.05) is 28.1 Å². The third kappa shape index (κ3) is 5.16. The van der Waals surface area contributed by atoms with E-state index in [4.69, 9.17) is 5.73 Å². The second-order valence-electron chi connectivity index (χ2n) is 3.85. The summed E-state index contributed by atoms with van der Waals surface area (Å²) >= 11 is 3.34. The van der Waals surface area contributed by atoms with Gasteiger partial charge >= 0.3 is 0 Å². The maximum atomic E-state index is 11.7. The Hall–Kier alpha value is -0.430. The van der Waals surface area contributed by atoms with E-state index in [2.05, 4.69) is 20.7 Å². The van der Waals surface area contributed by atoms with Crippen molar-refractivity contribution < 1.29 is 8.42 Å². The van der Waals surface area contributed by atoms with Crippen LogP contribution in [0.15, 0.2) is 28.7 Å². The number of hydrogen-bond acceptors (Lipinski definition) is 3. The van der Waals surface area contributed by atoms with Gasteiger partial charge in [-0.2, -0.15) is 0 Å². The van der Waals surface area contributed by atoms with Gasteiger partial charge < -0.3 is 5.73 Å². The van der Waals surface area contributed by atoms with Gasteiger partial charge in [-0.25, -0.2) is 13.1 Å². The summed E-state index contributed by atoms with van der Waals surface area (Å²) < 4.78 is 26.9. The number of sulfonamides is 1. The summed E-state index contributed by atoms with van der Waals surface area (Å²) in [5.74, 6) is 0.0738. The lowest BCUT2D eigenvalue weighted by atomic mass is 10.1. The van der Waals surface area contributed by atoms with E-state index in [1.807, 2.05) is 31.2 Å². The number of benzene rings is 1. The van der Waals surface area contributed by atoms with Crippen molar-refractivity contribution in [3.63, 3.8) is 0 Å². The molecule has 0 heterocycles. The third-order valence-electron chi connectivity index (χ3n) is 2.34. The van der Waals surface area contributed by atoms with Gasteiger partial charge in [0.2, 0.25) is 10.0 Å². The quantitative estimate of drug-likeness (QED) is 0.839. The van der Waals surface area contributed by atoms with Gasteiger partial charge in [0.1, 0.15) is 0 Å². The number of halogens is 1. The molecule has 0 saturated carbocycles. The Morgan fingerprint density at radius 2 is 1.94 bits per heavy atom. The summed E-state index contributed by atoms with van der Waals surface area (Å²) in [6.45, 7) is 2.21. The van der Waals surface area contributed by atoms with Gasteiger partial charge in [-0.15, -0.1) is 0 Å². The molecule has 3 N–H and O–H groups in total. The van der Waals surface area contributed by atoms with Crippen molar-refractivity contribution in [1.82, 2.24) is 4.72 Å². The van der Waals surface area contributed by atoms with Crippen LogP contribution in [-0.4, -0.2) is 20.7 Å². The van der Waals surface area contributed by atoms with Crippen LogP contribution in [0.3, 0.4) is 0 Å². The van der Waals surface area contributed by atoms with Crippen LogP contribution in [-0.2, 0) is 10.0 Å². The fourth-order valence-electron chi connectivity index (χ4n) is 1.42. The van der Waals surface area contributed by atoms with Gasteiger partial charge in [0.25, 0.3) is 0 Å². The van der Waals surface area contributed by atoms with Gasteiger partial charge in [0.15, 0.2) is 0 Å². The first kappa shape index (κ1) is 14.6. The van der Waals surface area contributed by atoms with E-state index < -0.39 is 10.0 Å². The van der Waals surface area contributed by atoms with Crippen LogP contribution in [0.1, 0.15) is 24.9 Å². The first-order valence-corrected chi connectivity index (χ1v) is 7.84. The molecule has 0 spiro atoms. The Labute approximate surface area is 111 Å². The van der Waals surface area contributed by atoms with Gasteiger partial charge in [0, 0.05) is 10.5 Å². The van der Waals surface area contributed by atoms with Crippen LogP contribution in [0.2, 0.25) is 0 Å². The Bertz CT molecular complexity index is 445. The van der Waals surface area contributed by atoms with Crippen molar-refractivity contribution in [3.05, 3.63) is 34.3 Å². The Balaban J connectivity index is 2.65. The van der Waals surface area contributed by atoms with E-state index in [1.54, 1.807) is 0 Å². The maximum absolute atomic E-state index is 11.7. The molecule has 0 bridgehead atoms. The largest absolute Gasteiger partial charge is 0.330 e. The van der Waals surface area contributed by atoms with Crippen molar-refractivity contribution in [2.24, 2.45) is 5.73 Å². The van der Waals surface area contributed by atoms with E-state index in [9.17, 15) is 8.42 Å². The van der Waals surface area contributed by atoms with Crippen molar-refractivity contribution in [3.8, 4) is 0 Å². The monoisotopic (exact) mass is 320 g/mol. The van der Waals surface area contributed by atoms with E-state index in [-0.39, 0.29) is 11.8 Å². The number of hydrogen-bond donors (Lipinski definition) is 2. The lowest BCUT2D eigenvalue weighted by Crippen LogP contribution is -2.29. The fraction of sp³-hybridized carbons (Fsp3) is 0.455. The van der Waals surface area contributed by atoms with Crippen molar-refractivity contribution in [2.75, 3.05) is 12.3 Å². The maximum Gasteiger partial charge on any atom is 0.212 e. The predicted octanol–water partition coefficient (Wildman–Crippen LogP) is 1.78. The molecule has 0 aromatic heterocycles. The summed E-state index contributed by atoms with van der Waals surface area (Å²) in [7, 11) is -3.24. The first-order chi connectivity index (χ1) is 7.94. The highest BCUT2D eigenvalue weighted by Crippen LogP contribution is 2.17. The SMILES string of the molecule is CC(NS(=O)(=O)CCCN)c1ccc(Br)cc1. The van der Waals surface area contributed by atoms with Crippen LogP contribution in [0.5, 0.6) is 0 Å². The number of nitrogens with two attached hydrogens (primary N) is 1. The Kier molecular flexibility index (Phi) is 5.58. The fourth-order valence-corrected chi connectivity index (χ4v) is 3.02. The zero-order valence-corrected chi connectivity index (χ0v) is 12.1. The molecule has 0 aliphatic carbocycles. The minimum absolute atomic E-state index is 0.0738. The van der Waals surface area contributed by atoms with E-state index in [0.717, 1.165) is 10.0 Å². The lowest BCUT2D eigenvalue weighted by Gasteiger charge is -2.14. The van der Waals surface area contributed by atoms with E-state index >= 15 is 0 Å². The van der Waals surface area contributed by atoms with Crippen LogP contribution < -0.4 is 10.5 Å². The summed E-state index contributed by atoms with van der Waals surface area (Å²) in [6, 6.07) is 7.33. The van der Waals surface area contributed by atoms with E-state index in [1.165, 1.54) is 0 Å². The summed E-state index contributed by atoms with van der Waals surface area (Å²) in [5.41, 5.74) is 6.23. The number of nitrogens with one attached hydrogen (secondary N) is 1. The molecule has 1 rings (SSSR count). The molecule has 4 nitrogen and oxygen atoms in total. The van der Waals surface area contributed by atoms with Crippen molar-refractivity contribution >= 4 is 26.0 Å². The van der Waals surface area contributed by atoms with Crippen LogP contribution in [0.25, 0.3) is 0 Å². The van der Waals surface area contributed by atoms with Crippen LogP contribution in [0, 0.1) is 0 Å². The molecule has 96 valence electrons. The smallest absolute Gasteiger partial charge is 0.212 e. The molecular formula is C11H17BrN2O2S. The molecule has 0 fully saturated rings. The second-order valence-corrected chi connectivity index (χ2v) is 6.64.